The summed E-state index contributed by atoms with van der Waals surface area (Å²) < 4.78 is 27.3. The zero-order chi connectivity index (χ0) is 74.4. The molecule has 9 atom stereocenters. The van der Waals surface area contributed by atoms with Crippen LogP contribution in [0.3, 0.4) is 0 Å². The molecule has 5 aliphatic rings. The fourth-order valence-corrected chi connectivity index (χ4v) is 17.1. The number of nitrogens with one attached hydrogen (secondary N) is 2. The second-order valence-electron chi connectivity index (χ2n) is 29.3. The zero-order valence-electron chi connectivity index (χ0n) is 58.7. The number of carbonyl (C=O) groups excluding carboxylic acids is 6. The van der Waals surface area contributed by atoms with Gasteiger partial charge < -0.3 is 74.9 Å². The van der Waals surface area contributed by atoms with Crippen LogP contribution in [0.4, 0.5) is 15.7 Å². The first kappa shape index (κ1) is 76.3. The largest absolute Gasteiger partial charge is 0.479 e. The minimum absolute atomic E-state index is 0.0346. The van der Waals surface area contributed by atoms with Gasteiger partial charge in [-0.05, 0) is 141 Å². The molecule has 29 nitrogen and oxygen atoms in total. The zero-order valence-corrected chi connectivity index (χ0v) is 59.5. The molecule has 30 heteroatoms. The number of Topliss-reactive ketones (excluding diaryl/α,β-unsaturated/α-hetero) is 1. The number of aromatic carboxylic acids is 1. The number of hydrogen-bond acceptors (Lipinski definition) is 23. The maximum Gasteiger partial charge on any atom is 0.410 e. The summed E-state index contributed by atoms with van der Waals surface area (Å²) in [5.41, 5.74) is 2.64. The van der Waals surface area contributed by atoms with E-state index in [1.54, 1.807) is 36.5 Å². The van der Waals surface area contributed by atoms with Gasteiger partial charge in [0.2, 0.25) is 24.0 Å². The molecule has 0 radical (unpaired) electrons. The van der Waals surface area contributed by atoms with E-state index in [0.717, 1.165) is 51.2 Å². The fraction of sp³-hybridized carbons (Fsp3) is 0.527. The quantitative estimate of drug-likeness (QED) is 0.0188. The smallest absolute Gasteiger partial charge is 0.410 e. The lowest BCUT2D eigenvalue weighted by atomic mass is 9.50. The van der Waals surface area contributed by atoms with Crippen molar-refractivity contribution in [3.05, 3.63) is 118 Å². The number of aromatic nitrogens is 4. The molecule has 2 saturated heterocycles. The summed E-state index contributed by atoms with van der Waals surface area (Å²) in [5, 5.41) is 94.1. The summed E-state index contributed by atoms with van der Waals surface area (Å²) in [5.74, 6) is -4.26. The lowest BCUT2D eigenvalue weighted by Gasteiger charge is -2.59. The molecule has 6 aromatic rings. The predicted molar refractivity (Wildman–Crippen MR) is 376 cm³/mol. The number of nitrogens with zero attached hydrogens (tertiary/aromatic N) is 7. The number of anilines is 2. The highest BCUT2D eigenvalue weighted by atomic mass is 32.1. The van der Waals surface area contributed by atoms with Crippen LogP contribution in [0, 0.1) is 29.1 Å². The number of fused-ring (bicyclic) bond motifs is 4. The fourth-order valence-electron chi connectivity index (χ4n) is 16.2. The summed E-state index contributed by atoms with van der Waals surface area (Å²) in [4.78, 5) is 117. The number of imide groups is 1. The van der Waals surface area contributed by atoms with Gasteiger partial charge in [-0.1, -0.05) is 61.6 Å². The number of likely N-dealkylation sites (tertiary alicyclic amines) is 1. The van der Waals surface area contributed by atoms with E-state index in [1.807, 2.05) is 59.8 Å². The molecule has 6 heterocycles. The topological polar surface area (TPSA) is 413 Å². The number of rotatable bonds is 31. The van der Waals surface area contributed by atoms with Crippen LogP contribution in [0.5, 0.6) is 5.75 Å². The Hall–Kier alpha value is -8.85. The molecule has 558 valence electrons. The summed E-state index contributed by atoms with van der Waals surface area (Å²) in [7, 11) is 0. The van der Waals surface area contributed by atoms with Crippen LogP contribution >= 0.6 is 11.3 Å². The van der Waals surface area contributed by atoms with Gasteiger partial charge >= 0.3 is 18.0 Å². The number of pyridine rings is 1. The van der Waals surface area contributed by atoms with Crippen molar-refractivity contribution in [2.75, 3.05) is 69.4 Å². The summed E-state index contributed by atoms with van der Waals surface area (Å²) in [6.45, 7) is 6.67. The third kappa shape index (κ3) is 17.4. The van der Waals surface area contributed by atoms with Crippen molar-refractivity contribution < 1.29 is 98.2 Å². The molecule has 11 rings (SSSR count). The summed E-state index contributed by atoms with van der Waals surface area (Å²) in [6.07, 6.45) is -3.94. The Kier molecular flexibility index (Phi) is 23.7. The van der Waals surface area contributed by atoms with Crippen molar-refractivity contribution in [1.29, 1.82) is 0 Å². The molecule has 2 saturated carbocycles. The number of carboxylic acids is 2. The number of aryl methyl sites for hydroxylation is 1. The molecule has 0 spiro atoms. The van der Waals surface area contributed by atoms with E-state index in [2.05, 4.69) is 29.5 Å². The number of ketones is 1. The molecule has 3 aliphatic heterocycles. The van der Waals surface area contributed by atoms with Crippen molar-refractivity contribution in [2.45, 2.75) is 167 Å². The van der Waals surface area contributed by atoms with Gasteiger partial charge in [0.1, 0.15) is 48.8 Å². The molecule has 4 unspecified atom stereocenters. The Morgan fingerprint density at radius 1 is 0.837 bits per heavy atom. The second kappa shape index (κ2) is 32.3. The average molecular weight is 1460 g/mol. The van der Waals surface area contributed by atoms with Gasteiger partial charge in [0.25, 0.3) is 5.91 Å². The van der Waals surface area contributed by atoms with Crippen LogP contribution in [0.2, 0.25) is 0 Å². The lowest BCUT2D eigenvalue weighted by molar-refractivity contribution is -0.271. The Bertz CT molecular complexity index is 4140. The van der Waals surface area contributed by atoms with Gasteiger partial charge in [0.05, 0.1) is 48.4 Å². The molecule has 2 aliphatic carbocycles. The minimum atomic E-state index is -2.02. The van der Waals surface area contributed by atoms with Crippen LogP contribution in [0.15, 0.2) is 79.0 Å². The van der Waals surface area contributed by atoms with Crippen molar-refractivity contribution in [3.63, 3.8) is 0 Å². The molecule has 10 N–H and O–H groups in total. The van der Waals surface area contributed by atoms with E-state index in [1.165, 1.54) is 22.3 Å². The minimum Gasteiger partial charge on any atom is -0.479 e. The molecule has 2 bridgehead atoms. The Morgan fingerprint density at radius 3 is 2.33 bits per heavy atom. The van der Waals surface area contributed by atoms with Gasteiger partial charge in [-0.3, -0.25) is 38.9 Å². The van der Waals surface area contributed by atoms with Crippen molar-refractivity contribution in [1.82, 2.24) is 34.9 Å². The average Bonchev–Trinajstić information content (AvgIpc) is 0.814. The lowest BCUT2D eigenvalue weighted by Crippen LogP contribution is -2.61. The standard InChI is InChI=1S/C74H91N9O20S/c1-43-29-71(3)36-72(4,38-73(30-43,37-71)39-83-44(2)51(32-76-83)49-17-18-56(78-60(49)66(95)96)81-24-21-46-11-9-12-50(52(46)33-81)65(94)79-69-77-53-13-5-6-14-55(53)104-69)101-27-26-80(25-22-48(87)31-74(40-84,41-85)42-86)70(99)100-35-47-16-15-45(10-7-8-23-75-57(88)34-82-58(89)19-20-59(82)90)28-54(47)102-68-63(93)61(91)62(92)64(103-68)67(97)98/h5-6,9,11-18,28,32,43,61-64,68,84-86,91-93H,7-8,10,19-27,29-31,33-42H2,1-4H3,(H,75,88)(H,95,96)(H,97,98)(H,77,79,94)/t43?,61-,62-,63+,64-,68+,71?,72?,73?/m0/s1. The number of aliphatic hydroxyl groups is 6. The number of unbranched alkanes of at least 4 members (excludes halogenated alkanes) is 1. The Labute approximate surface area is 604 Å². The van der Waals surface area contributed by atoms with Crippen LogP contribution < -0.4 is 20.3 Å². The number of carbonyl (C=O) groups is 8. The second-order valence-corrected chi connectivity index (χ2v) is 30.4. The first-order valence-corrected chi connectivity index (χ1v) is 35.9. The summed E-state index contributed by atoms with van der Waals surface area (Å²) in [6, 6.07) is 21.7. The molecular weight excluding hydrogens is 1370 g/mol. The van der Waals surface area contributed by atoms with E-state index in [-0.39, 0.29) is 85.8 Å². The van der Waals surface area contributed by atoms with E-state index in [4.69, 9.17) is 29.0 Å². The first-order valence-electron chi connectivity index (χ1n) is 35.1. The van der Waals surface area contributed by atoms with Gasteiger partial charge in [0.15, 0.2) is 16.9 Å². The maximum absolute atomic E-state index is 14.5. The van der Waals surface area contributed by atoms with Gasteiger partial charge in [-0.2, -0.15) is 5.10 Å². The number of para-hydroxylation sites is 1. The predicted octanol–water partition coefficient (Wildman–Crippen LogP) is 5.57. The van der Waals surface area contributed by atoms with Gasteiger partial charge in [-0.15, -0.1) is 0 Å². The van der Waals surface area contributed by atoms with E-state index < -0.39 is 116 Å². The molecule has 3 aromatic carbocycles. The molecular formula is C74H91N9O20S. The number of thiazole rings is 1. The van der Waals surface area contributed by atoms with Crippen LogP contribution in [0.25, 0.3) is 21.3 Å². The highest BCUT2D eigenvalue weighted by molar-refractivity contribution is 7.22. The Balaban J connectivity index is 0.777. The number of amides is 5. The van der Waals surface area contributed by atoms with E-state index in [9.17, 15) is 79.2 Å². The number of aliphatic carboxylic acids is 1. The van der Waals surface area contributed by atoms with Crippen LogP contribution in [-0.4, -0.2) is 213 Å². The number of ether oxygens (including phenoxy) is 4. The third-order valence-electron chi connectivity index (χ3n) is 20.8. The van der Waals surface area contributed by atoms with Crippen molar-refractivity contribution in [3.8, 4) is 16.9 Å². The number of benzene rings is 3. The van der Waals surface area contributed by atoms with Gasteiger partial charge in [-0.25, -0.2) is 24.4 Å². The Morgan fingerprint density at radius 2 is 1.60 bits per heavy atom. The third-order valence-corrected chi connectivity index (χ3v) is 21.8. The van der Waals surface area contributed by atoms with E-state index >= 15 is 0 Å². The number of hydrogen-bond donors (Lipinski definition) is 10. The normalized spacial score (nSPS) is 23.9. The van der Waals surface area contributed by atoms with Crippen molar-refractivity contribution >= 4 is 79.9 Å². The monoisotopic (exact) mass is 1460 g/mol. The van der Waals surface area contributed by atoms with Gasteiger partial charge in [0, 0.05) is 98.3 Å². The van der Waals surface area contributed by atoms with E-state index in [0.29, 0.717) is 97.3 Å². The maximum atomic E-state index is 14.5. The van der Waals surface area contributed by atoms with Crippen molar-refractivity contribution in [2.24, 2.45) is 22.2 Å². The molecule has 104 heavy (non-hydrogen) atoms. The molecule has 3 aromatic heterocycles. The highest BCUT2D eigenvalue weighted by Crippen LogP contribution is 2.61. The first-order chi connectivity index (χ1) is 49.6. The SMILES string of the molecule is Cc1c(-c2ccc(N3CCc4cccc(C(=O)Nc5nc6ccccc6s5)c4C3)nc2C(=O)O)cnn1CC12CC(C)CC(C)(C1)CC(C)(OCCN(CCC(=O)CC(CO)(CO)CO)C(=O)OCc1ccc(CCCCNC(=O)CN3C(=O)CCC3=O)cc1O[C@@H]1O[C@H](C(=O)O)[C@@H](O)[C@H](O)[C@H]1O)C2. The number of carboxylic acid groups (broad SMARTS) is 2. The molecule has 5 amide bonds. The highest BCUT2D eigenvalue weighted by Gasteiger charge is 2.56. The molecule has 4 fully saturated rings. The number of aliphatic hydroxyl groups excluding tert-OH is 6. The van der Waals surface area contributed by atoms with Crippen LogP contribution in [-0.2, 0) is 70.7 Å². The van der Waals surface area contributed by atoms with Crippen LogP contribution in [0.1, 0.15) is 140 Å². The summed E-state index contributed by atoms with van der Waals surface area (Å²) >= 11 is 1.39.